The Labute approximate surface area is 81.6 Å². The molecule has 1 aliphatic heterocycles. The van der Waals surface area contributed by atoms with E-state index < -0.39 is 11.5 Å². The van der Waals surface area contributed by atoms with Gasteiger partial charge >= 0.3 is 5.97 Å². The first-order chi connectivity index (χ1) is 6.69. The minimum atomic E-state index is -0.869. The van der Waals surface area contributed by atoms with Crippen LogP contribution in [0.1, 0.15) is 19.3 Å². The topological polar surface area (TPSA) is 63.6 Å². The van der Waals surface area contributed by atoms with E-state index in [1.54, 1.807) is 0 Å². The fraction of sp³-hybridized carbons (Fsp3) is 0.600. The minimum absolute atomic E-state index is 0.328. The van der Waals surface area contributed by atoms with E-state index in [0.717, 1.165) is 6.29 Å². The van der Waals surface area contributed by atoms with Gasteiger partial charge in [0.2, 0.25) is 0 Å². The highest BCUT2D eigenvalue weighted by atomic mass is 16.5. The van der Waals surface area contributed by atoms with E-state index >= 15 is 0 Å². The van der Waals surface area contributed by atoms with Crippen LogP contribution in [0.5, 0.6) is 0 Å². The molecule has 0 unspecified atom stereocenters. The fourth-order valence-corrected chi connectivity index (χ4v) is 2.13. The van der Waals surface area contributed by atoms with Gasteiger partial charge in [-0.1, -0.05) is 0 Å². The van der Waals surface area contributed by atoms with Crippen LogP contribution < -0.4 is 0 Å². The summed E-state index contributed by atoms with van der Waals surface area (Å²) in [5.74, 6) is -0.328. The number of aliphatic hydroxyl groups is 1. The summed E-state index contributed by atoms with van der Waals surface area (Å²) in [4.78, 5) is 22.0. The van der Waals surface area contributed by atoms with Gasteiger partial charge in [0, 0.05) is 6.42 Å². The van der Waals surface area contributed by atoms with E-state index in [1.165, 1.54) is 6.08 Å². The summed E-state index contributed by atoms with van der Waals surface area (Å²) < 4.78 is 4.87. The summed E-state index contributed by atoms with van der Waals surface area (Å²) in [7, 11) is 0. The summed E-state index contributed by atoms with van der Waals surface area (Å²) in [5, 5.41) is 9.80. The van der Waals surface area contributed by atoms with E-state index in [-0.39, 0.29) is 5.97 Å². The van der Waals surface area contributed by atoms with Gasteiger partial charge < -0.3 is 9.84 Å². The summed E-state index contributed by atoms with van der Waals surface area (Å²) in [6.45, 7) is 0.375. The third kappa shape index (κ3) is 1.18. The van der Waals surface area contributed by atoms with E-state index in [2.05, 4.69) is 0 Å². The lowest BCUT2D eigenvalue weighted by Gasteiger charge is -2.32. The monoisotopic (exact) mass is 196 g/mol. The first kappa shape index (κ1) is 9.40. The zero-order chi connectivity index (χ0) is 10.2. The standard InChI is InChI=1S/C10H12O4/c11-6-7-1-2-10(8(12)5-7)3-4-14-9(10)13/h5-6,8,12H,1-4H2/t8-,10+/m0/s1. The largest absolute Gasteiger partial charge is 0.465 e. The molecule has 0 saturated carbocycles. The summed E-state index contributed by atoms with van der Waals surface area (Å²) in [6, 6.07) is 0. The van der Waals surface area contributed by atoms with Gasteiger partial charge in [-0.05, 0) is 24.5 Å². The van der Waals surface area contributed by atoms with Gasteiger partial charge in [0.15, 0.2) is 0 Å². The number of aldehydes is 1. The molecule has 0 bridgehead atoms. The molecule has 0 radical (unpaired) electrons. The van der Waals surface area contributed by atoms with E-state index in [0.29, 0.717) is 31.4 Å². The van der Waals surface area contributed by atoms with Crippen LogP contribution in [0.4, 0.5) is 0 Å². The van der Waals surface area contributed by atoms with Crippen LogP contribution in [0.15, 0.2) is 11.6 Å². The molecule has 4 heteroatoms. The third-order valence-electron chi connectivity index (χ3n) is 3.14. The Bertz CT molecular complexity index is 307. The quantitative estimate of drug-likeness (QED) is 0.480. The molecule has 0 aromatic carbocycles. The van der Waals surface area contributed by atoms with Gasteiger partial charge in [-0.3, -0.25) is 9.59 Å². The zero-order valence-electron chi connectivity index (χ0n) is 7.73. The van der Waals surface area contributed by atoms with Gasteiger partial charge in [-0.2, -0.15) is 0 Å². The van der Waals surface area contributed by atoms with Gasteiger partial charge in [0.1, 0.15) is 11.7 Å². The molecule has 0 aromatic rings. The molecule has 1 fully saturated rings. The number of hydrogen-bond acceptors (Lipinski definition) is 4. The van der Waals surface area contributed by atoms with E-state index in [1.807, 2.05) is 0 Å². The summed E-state index contributed by atoms with van der Waals surface area (Å²) in [5.41, 5.74) is -0.199. The lowest BCUT2D eigenvalue weighted by molar-refractivity contribution is -0.151. The van der Waals surface area contributed by atoms with Crippen LogP contribution in [0, 0.1) is 5.41 Å². The van der Waals surface area contributed by atoms with Gasteiger partial charge in [-0.25, -0.2) is 0 Å². The predicted octanol–water partition coefficient (Wildman–Crippen LogP) is 0.200. The number of hydrogen-bond donors (Lipinski definition) is 1. The molecular formula is C10H12O4. The SMILES string of the molecule is O=CC1=C[C@H](O)[C@]2(CCOC2=O)CC1. The molecule has 1 N–H and O–H groups in total. The second-order valence-electron chi connectivity index (χ2n) is 3.85. The first-order valence-corrected chi connectivity index (χ1v) is 4.70. The Morgan fingerprint density at radius 2 is 2.36 bits per heavy atom. The minimum Gasteiger partial charge on any atom is -0.465 e. The smallest absolute Gasteiger partial charge is 0.315 e. The van der Waals surface area contributed by atoms with Crippen LogP contribution in [-0.4, -0.2) is 30.1 Å². The average Bonchev–Trinajstić information content (AvgIpc) is 2.54. The van der Waals surface area contributed by atoms with Crippen molar-refractivity contribution in [3.63, 3.8) is 0 Å². The van der Waals surface area contributed by atoms with Crippen molar-refractivity contribution >= 4 is 12.3 Å². The number of carbonyl (C=O) groups is 2. The van der Waals surface area contributed by atoms with Crippen molar-refractivity contribution in [2.75, 3.05) is 6.61 Å². The molecule has 1 spiro atoms. The maximum atomic E-state index is 11.5. The number of rotatable bonds is 1. The molecule has 76 valence electrons. The second-order valence-corrected chi connectivity index (χ2v) is 3.85. The summed E-state index contributed by atoms with van der Waals surface area (Å²) in [6.07, 6.45) is 2.95. The van der Waals surface area contributed by atoms with Crippen molar-refractivity contribution in [3.8, 4) is 0 Å². The highest BCUT2D eigenvalue weighted by Gasteiger charge is 2.50. The van der Waals surface area contributed by atoms with Gasteiger partial charge in [0.25, 0.3) is 0 Å². The molecule has 2 atom stereocenters. The zero-order valence-corrected chi connectivity index (χ0v) is 7.73. The number of allylic oxidation sites excluding steroid dienone is 1. The average molecular weight is 196 g/mol. The normalized spacial score (nSPS) is 36.8. The number of esters is 1. The molecule has 1 heterocycles. The van der Waals surface area contributed by atoms with E-state index in [9.17, 15) is 14.7 Å². The molecule has 1 aliphatic carbocycles. The van der Waals surface area contributed by atoms with Crippen molar-refractivity contribution in [2.24, 2.45) is 5.41 Å². The third-order valence-corrected chi connectivity index (χ3v) is 3.14. The van der Waals surface area contributed by atoms with Crippen molar-refractivity contribution < 1.29 is 19.4 Å². The number of ether oxygens (including phenoxy) is 1. The van der Waals surface area contributed by atoms with Crippen molar-refractivity contribution in [2.45, 2.75) is 25.4 Å². The summed E-state index contributed by atoms with van der Waals surface area (Å²) >= 11 is 0. The van der Waals surface area contributed by atoms with Gasteiger partial charge in [0.05, 0.1) is 12.7 Å². The lowest BCUT2D eigenvalue weighted by atomic mass is 9.72. The maximum Gasteiger partial charge on any atom is 0.315 e. The Hall–Kier alpha value is -1.16. The van der Waals surface area contributed by atoms with Crippen LogP contribution >= 0.6 is 0 Å². The molecule has 0 aromatic heterocycles. The van der Waals surface area contributed by atoms with Crippen LogP contribution in [0.25, 0.3) is 0 Å². The molecule has 2 rings (SSSR count). The maximum absolute atomic E-state index is 11.5. The molecule has 2 aliphatic rings. The van der Waals surface area contributed by atoms with Gasteiger partial charge in [-0.15, -0.1) is 0 Å². The molecule has 4 nitrogen and oxygen atoms in total. The Kier molecular flexibility index (Phi) is 2.15. The Balaban J connectivity index is 2.28. The molecule has 0 amide bonds. The Morgan fingerprint density at radius 1 is 1.57 bits per heavy atom. The lowest BCUT2D eigenvalue weighted by Crippen LogP contribution is -2.40. The predicted molar refractivity (Wildman–Crippen MR) is 47.4 cm³/mol. The van der Waals surface area contributed by atoms with Crippen molar-refractivity contribution in [3.05, 3.63) is 11.6 Å². The van der Waals surface area contributed by atoms with Crippen molar-refractivity contribution in [1.82, 2.24) is 0 Å². The first-order valence-electron chi connectivity index (χ1n) is 4.70. The van der Waals surface area contributed by atoms with Crippen LogP contribution in [0.2, 0.25) is 0 Å². The van der Waals surface area contributed by atoms with Crippen LogP contribution in [0.3, 0.4) is 0 Å². The number of carbonyl (C=O) groups excluding carboxylic acids is 2. The Morgan fingerprint density at radius 3 is 2.86 bits per heavy atom. The number of cyclic esters (lactones) is 1. The van der Waals surface area contributed by atoms with Crippen LogP contribution in [-0.2, 0) is 14.3 Å². The van der Waals surface area contributed by atoms with E-state index in [4.69, 9.17) is 4.74 Å². The molecule has 14 heavy (non-hydrogen) atoms. The van der Waals surface area contributed by atoms with Crippen molar-refractivity contribution in [1.29, 1.82) is 0 Å². The molecular weight excluding hydrogens is 184 g/mol. The number of aliphatic hydroxyl groups excluding tert-OH is 1. The fourth-order valence-electron chi connectivity index (χ4n) is 2.13. The highest BCUT2D eigenvalue weighted by molar-refractivity contribution is 5.82. The molecule has 1 saturated heterocycles. The highest BCUT2D eigenvalue weighted by Crippen LogP contribution is 2.42. The second kappa shape index (κ2) is 3.20.